The van der Waals surface area contributed by atoms with Crippen molar-refractivity contribution in [2.24, 2.45) is 0 Å². The summed E-state index contributed by atoms with van der Waals surface area (Å²) in [5.41, 5.74) is 5.32. The third-order valence-electron chi connectivity index (χ3n) is 2.90. The lowest BCUT2D eigenvalue weighted by Crippen LogP contribution is -2.09. The second-order valence-corrected chi connectivity index (χ2v) is 5.34. The van der Waals surface area contributed by atoms with Gasteiger partial charge in [-0.1, -0.05) is 30.3 Å². The molecule has 0 saturated heterocycles. The van der Waals surface area contributed by atoms with Crippen LogP contribution in [0.25, 0.3) is 17.0 Å². The molecule has 0 amide bonds. The van der Waals surface area contributed by atoms with E-state index in [9.17, 15) is 5.26 Å². The Labute approximate surface area is 131 Å². The van der Waals surface area contributed by atoms with E-state index < -0.39 is 0 Å². The van der Waals surface area contributed by atoms with E-state index in [4.69, 9.17) is 0 Å². The predicted molar refractivity (Wildman–Crippen MR) is 85.3 cm³/mol. The zero-order valence-electron chi connectivity index (χ0n) is 11.8. The molecular weight excluding hydrogens is 296 g/mol. The standard InChI is InChI=1S/C15H12N6S/c1-11-9-22-15(19-11)13(7-16)8-18-21-10-17-20-14(21)12-5-3-2-4-6-12/h2-6,8-10,18H,1H3/b13-8+. The first-order chi connectivity index (χ1) is 10.8. The molecule has 3 rings (SSSR count). The van der Waals surface area contributed by atoms with Crippen molar-refractivity contribution in [1.82, 2.24) is 19.9 Å². The number of nitriles is 1. The van der Waals surface area contributed by atoms with E-state index in [1.807, 2.05) is 42.6 Å². The van der Waals surface area contributed by atoms with Crippen molar-refractivity contribution in [3.8, 4) is 17.5 Å². The maximum Gasteiger partial charge on any atom is 0.182 e. The van der Waals surface area contributed by atoms with Crippen LogP contribution in [0.5, 0.6) is 0 Å². The number of hydrogen-bond donors (Lipinski definition) is 1. The second-order valence-electron chi connectivity index (χ2n) is 4.48. The smallest absolute Gasteiger partial charge is 0.182 e. The van der Waals surface area contributed by atoms with Gasteiger partial charge in [0.2, 0.25) is 0 Å². The number of aryl methyl sites for hydroxylation is 1. The summed E-state index contributed by atoms with van der Waals surface area (Å²) in [6.07, 6.45) is 3.16. The van der Waals surface area contributed by atoms with Crippen molar-refractivity contribution in [3.05, 3.63) is 58.9 Å². The van der Waals surface area contributed by atoms with Gasteiger partial charge >= 0.3 is 0 Å². The van der Waals surface area contributed by atoms with Gasteiger partial charge in [-0.15, -0.1) is 21.5 Å². The van der Waals surface area contributed by atoms with Gasteiger partial charge in [0.05, 0.1) is 0 Å². The minimum absolute atomic E-state index is 0.464. The summed E-state index contributed by atoms with van der Waals surface area (Å²) < 4.78 is 1.66. The Hall–Kier alpha value is -2.98. The monoisotopic (exact) mass is 308 g/mol. The van der Waals surface area contributed by atoms with E-state index >= 15 is 0 Å². The second kappa shape index (κ2) is 6.20. The molecule has 0 aliphatic heterocycles. The molecule has 7 heteroatoms. The Morgan fingerprint density at radius 1 is 1.36 bits per heavy atom. The Kier molecular flexibility index (Phi) is 3.94. The molecule has 0 aliphatic rings. The molecule has 0 spiro atoms. The number of allylic oxidation sites excluding steroid dienone is 1. The summed E-state index contributed by atoms with van der Waals surface area (Å²) >= 11 is 1.44. The molecule has 0 radical (unpaired) electrons. The number of aromatic nitrogens is 4. The molecule has 2 heterocycles. The predicted octanol–water partition coefficient (Wildman–Crippen LogP) is 2.82. The maximum absolute atomic E-state index is 9.27. The lowest BCUT2D eigenvalue weighted by atomic mass is 10.2. The third-order valence-corrected chi connectivity index (χ3v) is 3.89. The molecule has 22 heavy (non-hydrogen) atoms. The molecule has 0 saturated carbocycles. The molecule has 0 unspecified atom stereocenters. The quantitative estimate of drug-likeness (QED) is 0.750. The van der Waals surface area contributed by atoms with Gasteiger partial charge in [-0.25, -0.2) is 9.66 Å². The minimum Gasteiger partial charge on any atom is -0.297 e. The van der Waals surface area contributed by atoms with Crippen molar-refractivity contribution in [2.75, 3.05) is 5.43 Å². The van der Waals surface area contributed by atoms with Gasteiger partial charge in [0, 0.05) is 22.8 Å². The zero-order valence-corrected chi connectivity index (χ0v) is 12.6. The number of benzene rings is 1. The van der Waals surface area contributed by atoms with E-state index in [1.165, 1.54) is 11.3 Å². The number of nitrogens with one attached hydrogen (secondary N) is 1. The van der Waals surface area contributed by atoms with Gasteiger partial charge in [0.25, 0.3) is 0 Å². The fraction of sp³-hybridized carbons (Fsp3) is 0.0667. The van der Waals surface area contributed by atoms with Crippen LogP contribution >= 0.6 is 11.3 Å². The Morgan fingerprint density at radius 3 is 2.86 bits per heavy atom. The first-order valence-corrected chi connectivity index (χ1v) is 7.40. The molecule has 0 bridgehead atoms. The normalized spacial score (nSPS) is 11.2. The average molecular weight is 308 g/mol. The first-order valence-electron chi connectivity index (χ1n) is 6.52. The van der Waals surface area contributed by atoms with Crippen LogP contribution in [0.1, 0.15) is 10.7 Å². The summed E-state index contributed by atoms with van der Waals surface area (Å²) in [4.78, 5) is 4.31. The van der Waals surface area contributed by atoms with E-state index in [0.29, 0.717) is 16.4 Å². The van der Waals surface area contributed by atoms with E-state index in [1.54, 1.807) is 17.2 Å². The van der Waals surface area contributed by atoms with Crippen molar-refractivity contribution in [2.45, 2.75) is 6.92 Å². The molecule has 0 fully saturated rings. The number of rotatable bonds is 4. The Bertz CT molecular complexity index is 840. The van der Waals surface area contributed by atoms with E-state index in [0.717, 1.165) is 11.3 Å². The highest BCUT2D eigenvalue weighted by Crippen LogP contribution is 2.19. The summed E-state index contributed by atoms with van der Waals surface area (Å²) in [5.74, 6) is 0.671. The molecule has 1 aromatic carbocycles. The van der Waals surface area contributed by atoms with Crippen LogP contribution in [0.4, 0.5) is 0 Å². The highest BCUT2D eigenvalue weighted by atomic mass is 32.1. The van der Waals surface area contributed by atoms with Crippen LogP contribution in [0, 0.1) is 18.3 Å². The maximum atomic E-state index is 9.27. The van der Waals surface area contributed by atoms with Crippen LogP contribution in [0.15, 0.2) is 48.2 Å². The molecular formula is C15H12N6S. The summed E-state index contributed by atoms with van der Waals surface area (Å²) in [6, 6.07) is 11.8. The van der Waals surface area contributed by atoms with Crippen molar-refractivity contribution >= 4 is 16.9 Å². The highest BCUT2D eigenvalue weighted by Gasteiger charge is 2.08. The largest absolute Gasteiger partial charge is 0.297 e. The number of nitrogens with zero attached hydrogens (tertiary/aromatic N) is 5. The van der Waals surface area contributed by atoms with Crippen LogP contribution in [-0.4, -0.2) is 19.9 Å². The molecule has 3 aromatic rings. The van der Waals surface area contributed by atoms with Gasteiger partial charge in [0.1, 0.15) is 23.0 Å². The van der Waals surface area contributed by atoms with Crippen molar-refractivity contribution in [1.29, 1.82) is 5.26 Å². The number of hydrogen-bond acceptors (Lipinski definition) is 6. The van der Waals surface area contributed by atoms with Crippen LogP contribution in [-0.2, 0) is 0 Å². The molecule has 0 atom stereocenters. The lowest BCUT2D eigenvalue weighted by molar-refractivity contribution is 0.957. The molecule has 1 N–H and O–H groups in total. The minimum atomic E-state index is 0.464. The van der Waals surface area contributed by atoms with Crippen molar-refractivity contribution < 1.29 is 0 Å². The van der Waals surface area contributed by atoms with Gasteiger partial charge in [-0.05, 0) is 6.92 Å². The topological polar surface area (TPSA) is 79.4 Å². The van der Waals surface area contributed by atoms with Crippen LogP contribution in [0.2, 0.25) is 0 Å². The molecule has 6 nitrogen and oxygen atoms in total. The van der Waals surface area contributed by atoms with Crippen LogP contribution < -0.4 is 5.43 Å². The van der Waals surface area contributed by atoms with Gasteiger partial charge in [-0.2, -0.15) is 5.26 Å². The molecule has 0 aliphatic carbocycles. The number of thiazole rings is 1. The summed E-state index contributed by atoms with van der Waals surface area (Å²) in [6.45, 7) is 1.90. The van der Waals surface area contributed by atoms with Gasteiger partial charge < -0.3 is 0 Å². The Balaban J connectivity index is 1.87. The van der Waals surface area contributed by atoms with Gasteiger partial charge in [0.15, 0.2) is 5.82 Å². The average Bonchev–Trinajstić information content (AvgIpc) is 3.18. The fourth-order valence-electron chi connectivity index (χ4n) is 1.87. The molecule has 108 valence electrons. The summed E-state index contributed by atoms with van der Waals surface area (Å²) in [5, 5.41) is 19.9. The van der Waals surface area contributed by atoms with Gasteiger partial charge in [-0.3, -0.25) is 5.43 Å². The lowest BCUT2D eigenvalue weighted by Gasteiger charge is -2.06. The first kappa shape index (κ1) is 14.0. The highest BCUT2D eigenvalue weighted by molar-refractivity contribution is 7.10. The fourth-order valence-corrected chi connectivity index (χ4v) is 2.63. The third kappa shape index (κ3) is 2.87. The zero-order chi connectivity index (χ0) is 15.4. The van der Waals surface area contributed by atoms with E-state index in [2.05, 4.69) is 26.7 Å². The van der Waals surface area contributed by atoms with E-state index in [-0.39, 0.29) is 0 Å². The Morgan fingerprint density at radius 2 is 2.18 bits per heavy atom. The van der Waals surface area contributed by atoms with Crippen LogP contribution in [0.3, 0.4) is 0 Å². The van der Waals surface area contributed by atoms with Crippen molar-refractivity contribution in [3.63, 3.8) is 0 Å². The molecule has 2 aromatic heterocycles. The SMILES string of the molecule is Cc1csc(/C(C#N)=C/Nn2cnnc2-c2ccccc2)n1. The summed E-state index contributed by atoms with van der Waals surface area (Å²) in [7, 11) is 0.